The monoisotopic (exact) mass is 447 g/mol. The Hall–Kier alpha value is -2.74. The summed E-state index contributed by atoms with van der Waals surface area (Å²) in [7, 11) is 1.44. The van der Waals surface area contributed by atoms with E-state index in [0.29, 0.717) is 5.69 Å². The van der Waals surface area contributed by atoms with E-state index in [2.05, 4.69) is 15.9 Å². The van der Waals surface area contributed by atoms with Crippen LogP contribution in [0.4, 0.5) is 10.1 Å². The Labute approximate surface area is 170 Å². The minimum absolute atomic E-state index is 0.0321. The summed E-state index contributed by atoms with van der Waals surface area (Å²) in [6, 6.07) is 11.5. The van der Waals surface area contributed by atoms with Crippen LogP contribution in [0.1, 0.15) is 18.0 Å². The first-order valence-electron chi connectivity index (χ1n) is 8.65. The lowest BCUT2D eigenvalue weighted by molar-refractivity contribution is -0.141. The molecule has 8 heteroatoms. The maximum absolute atomic E-state index is 13.6. The van der Waals surface area contributed by atoms with Gasteiger partial charge in [-0.1, -0.05) is 34.1 Å². The summed E-state index contributed by atoms with van der Waals surface area (Å²) in [6.07, 6.45) is 0.0321. The standard InChI is InChI=1S/C20H19BrFN3O3/c1-24(18(19(23)27)12-4-2-6-15(22)8-12)20(28)13-9-17(26)25(11-13)16-7-3-5-14(21)10-16/h2-8,10,13,18H,9,11H2,1H3,(H2,23,27). The number of amides is 3. The van der Waals surface area contributed by atoms with E-state index in [-0.39, 0.29) is 30.3 Å². The lowest BCUT2D eigenvalue weighted by atomic mass is 10.0. The summed E-state index contributed by atoms with van der Waals surface area (Å²) in [5.41, 5.74) is 6.46. The van der Waals surface area contributed by atoms with Gasteiger partial charge in [0, 0.05) is 30.2 Å². The van der Waals surface area contributed by atoms with Crippen LogP contribution in [0.2, 0.25) is 0 Å². The predicted molar refractivity (Wildman–Crippen MR) is 106 cm³/mol. The first kappa shape index (κ1) is 20.0. The highest BCUT2D eigenvalue weighted by Gasteiger charge is 2.39. The van der Waals surface area contributed by atoms with Gasteiger partial charge in [0.25, 0.3) is 0 Å². The molecule has 0 aliphatic carbocycles. The number of carbonyl (C=O) groups is 3. The Morgan fingerprint density at radius 3 is 2.61 bits per heavy atom. The van der Waals surface area contributed by atoms with Gasteiger partial charge in [-0.2, -0.15) is 0 Å². The van der Waals surface area contributed by atoms with E-state index in [9.17, 15) is 18.8 Å². The fraction of sp³-hybridized carbons (Fsp3) is 0.250. The molecule has 0 bridgehead atoms. The van der Waals surface area contributed by atoms with Gasteiger partial charge in [-0.05, 0) is 35.9 Å². The molecule has 146 valence electrons. The molecule has 0 aromatic heterocycles. The third-order valence-electron chi connectivity index (χ3n) is 4.76. The highest BCUT2D eigenvalue weighted by atomic mass is 79.9. The molecule has 0 saturated carbocycles. The van der Waals surface area contributed by atoms with Crippen molar-refractivity contribution in [1.82, 2.24) is 4.90 Å². The molecule has 3 rings (SSSR count). The first-order chi connectivity index (χ1) is 13.3. The Balaban J connectivity index is 1.80. The third kappa shape index (κ3) is 4.06. The number of benzene rings is 2. The first-order valence-corrected chi connectivity index (χ1v) is 9.44. The largest absolute Gasteiger partial charge is 0.368 e. The van der Waals surface area contributed by atoms with Gasteiger partial charge in [-0.15, -0.1) is 0 Å². The fourth-order valence-electron chi connectivity index (χ4n) is 3.44. The molecule has 1 fully saturated rings. The van der Waals surface area contributed by atoms with E-state index in [4.69, 9.17) is 5.73 Å². The molecule has 6 nitrogen and oxygen atoms in total. The van der Waals surface area contributed by atoms with Crippen LogP contribution in [0.25, 0.3) is 0 Å². The Kier molecular flexibility index (Phi) is 5.79. The van der Waals surface area contributed by atoms with E-state index in [1.165, 1.54) is 36.2 Å². The molecule has 1 heterocycles. The lowest BCUT2D eigenvalue weighted by Crippen LogP contribution is -2.42. The Morgan fingerprint density at radius 2 is 1.96 bits per heavy atom. The highest BCUT2D eigenvalue weighted by Crippen LogP contribution is 2.30. The van der Waals surface area contributed by atoms with Gasteiger partial charge in [-0.25, -0.2) is 4.39 Å². The van der Waals surface area contributed by atoms with Crippen LogP contribution in [0, 0.1) is 11.7 Å². The number of nitrogens with zero attached hydrogens (tertiary/aromatic N) is 2. The van der Waals surface area contributed by atoms with Gasteiger partial charge >= 0.3 is 0 Å². The molecule has 1 saturated heterocycles. The number of hydrogen-bond donors (Lipinski definition) is 1. The van der Waals surface area contributed by atoms with Crippen molar-refractivity contribution in [2.24, 2.45) is 11.7 Å². The summed E-state index contributed by atoms with van der Waals surface area (Å²) >= 11 is 3.37. The van der Waals surface area contributed by atoms with Crippen LogP contribution in [0.5, 0.6) is 0 Å². The third-order valence-corrected chi connectivity index (χ3v) is 5.26. The second kappa shape index (κ2) is 8.10. The SMILES string of the molecule is CN(C(=O)C1CC(=O)N(c2cccc(Br)c2)C1)C(C(N)=O)c1cccc(F)c1. The van der Waals surface area contributed by atoms with Crippen LogP contribution in [-0.4, -0.2) is 36.2 Å². The van der Waals surface area contributed by atoms with E-state index < -0.39 is 23.7 Å². The van der Waals surface area contributed by atoms with E-state index in [0.717, 1.165) is 4.47 Å². The van der Waals surface area contributed by atoms with Crippen molar-refractivity contribution in [2.45, 2.75) is 12.5 Å². The maximum Gasteiger partial charge on any atom is 0.244 e. The second-order valence-corrected chi connectivity index (χ2v) is 7.61. The maximum atomic E-state index is 13.6. The van der Waals surface area contributed by atoms with Crippen molar-refractivity contribution >= 4 is 39.3 Å². The van der Waals surface area contributed by atoms with Crippen LogP contribution in [0.15, 0.2) is 53.0 Å². The van der Waals surface area contributed by atoms with Crippen LogP contribution < -0.4 is 10.6 Å². The number of likely N-dealkylation sites (N-methyl/N-ethyl adjacent to an activating group) is 1. The van der Waals surface area contributed by atoms with Crippen molar-refractivity contribution in [1.29, 1.82) is 0 Å². The average molecular weight is 448 g/mol. The summed E-state index contributed by atoms with van der Waals surface area (Å²) in [5, 5.41) is 0. The zero-order valence-corrected chi connectivity index (χ0v) is 16.7. The van der Waals surface area contributed by atoms with Crippen molar-refractivity contribution in [2.75, 3.05) is 18.5 Å². The minimum Gasteiger partial charge on any atom is -0.368 e. The molecule has 1 aliphatic heterocycles. The van der Waals surface area contributed by atoms with Gasteiger partial charge in [-0.3, -0.25) is 14.4 Å². The van der Waals surface area contributed by atoms with Gasteiger partial charge in [0.1, 0.15) is 11.9 Å². The Bertz CT molecular complexity index is 936. The average Bonchev–Trinajstić information content (AvgIpc) is 3.02. The van der Waals surface area contributed by atoms with Crippen molar-refractivity contribution < 1.29 is 18.8 Å². The topological polar surface area (TPSA) is 83.7 Å². The summed E-state index contributed by atoms with van der Waals surface area (Å²) in [6.45, 7) is 0.201. The lowest BCUT2D eigenvalue weighted by Gasteiger charge is -2.28. The predicted octanol–water partition coefficient (Wildman–Crippen LogP) is 2.63. The van der Waals surface area contributed by atoms with E-state index in [1.54, 1.807) is 23.1 Å². The van der Waals surface area contributed by atoms with Crippen LogP contribution in [-0.2, 0) is 14.4 Å². The van der Waals surface area contributed by atoms with Gasteiger partial charge in [0.05, 0.1) is 5.92 Å². The number of halogens is 2. The summed E-state index contributed by atoms with van der Waals surface area (Å²) in [4.78, 5) is 40.1. The summed E-state index contributed by atoms with van der Waals surface area (Å²) < 4.78 is 14.4. The second-order valence-electron chi connectivity index (χ2n) is 6.69. The molecule has 28 heavy (non-hydrogen) atoms. The molecule has 2 aromatic rings. The van der Waals surface area contributed by atoms with E-state index in [1.807, 2.05) is 6.07 Å². The van der Waals surface area contributed by atoms with Crippen LogP contribution in [0.3, 0.4) is 0 Å². The quantitative estimate of drug-likeness (QED) is 0.764. The molecule has 2 aromatic carbocycles. The zero-order valence-electron chi connectivity index (χ0n) is 15.1. The van der Waals surface area contributed by atoms with Gasteiger partial charge in [0.2, 0.25) is 17.7 Å². The summed E-state index contributed by atoms with van der Waals surface area (Å²) in [5.74, 6) is -2.48. The molecule has 0 spiro atoms. The normalized spacial score (nSPS) is 17.5. The number of hydrogen-bond acceptors (Lipinski definition) is 3. The smallest absolute Gasteiger partial charge is 0.244 e. The molecular weight excluding hydrogens is 429 g/mol. The molecule has 0 radical (unpaired) electrons. The van der Waals surface area contributed by atoms with Gasteiger partial charge in [0.15, 0.2) is 0 Å². The molecule has 2 N–H and O–H groups in total. The molecule has 1 aliphatic rings. The van der Waals surface area contributed by atoms with Crippen molar-refractivity contribution in [3.8, 4) is 0 Å². The number of primary amides is 1. The molecule has 2 atom stereocenters. The highest BCUT2D eigenvalue weighted by molar-refractivity contribution is 9.10. The number of nitrogens with two attached hydrogens (primary N) is 1. The molecule has 3 amide bonds. The number of rotatable bonds is 5. The van der Waals surface area contributed by atoms with E-state index >= 15 is 0 Å². The van der Waals surface area contributed by atoms with Crippen LogP contribution >= 0.6 is 15.9 Å². The zero-order chi connectivity index (χ0) is 20.4. The minimum atomic E-state index is -1.11. The Morgan fingerprint density at radius 1 is 1.25 bits per heavy atom. The van der Waals surface area contributed by atoms with Crippen molar-refractivity contribution in [3.05, 3.63) is 64.4 Å². The van der Waals surface area contributed by atoms with Gasteiger partial charge < -0.3 is 15.5 Å². The number of anilines is 1. The fourth-order valence-corrected chi connectivity index (χ4v) is 3.82. The molecular formula is C20H19BrFN3O3. The molecule has 2 unspecified atom stereocenters. The number of carbonyl (C=O) groups excluding carboxylic acids is 3. The van der Waals surface area contributed by atoms with Crippen molar-refractivity contribution in [3.63, 3.8) is 0 Å².